The van der Waals surface area contributed by atoms with Gasteiger partial charge in [-0.2, -0.15) is 0 Å². The van der Waals surface area contributed by atoms with E-state index in [-0.39, 0.29) is 11.8 Å². The first kappa shape index (κ1) is 11.4. The molecule has 16 heavy (non-hydrogen) atoms. The molecule has 1 aliphatic rings. The average Bonchev–Trinajstić information content (AvgIpc) is 2.68. The van der Waals surface area contributed by atoms with Gasteiger partial charge >= 0.3 is 0 Å². The number of amides is 1. The van der Waals surface area contributed by atoms with Crippen LogP contribution >= 0.6 is 11.6 Å². The molecule has 2 atom stereocenters. The van der Waals surface area contributed by atoms with E-state index in [1.807, 2.05) is 0 Å². The van der Waals surface area contributed by atoms with Crippen LogP contribution in [0, 0.1) is 11.8 Å². The minimum atomic E-state index is 0.00685. The highest BCUT2D eigenvalue weighted by Crippen LogP contribution is 2.21. The van der Waals surface area contributed by atoms with Crippen LogP contribution < -0.4 is 10.6 Å². The van der Waals surface area contributed by atoms with Gasteiger partial charge in [-0.15, -0.1) is 0 Å². The number of anilines is 1. The number of nitrogens with zero attached hydrogens (tertiary/aromatic N) is 1. The molecule has 2 heterocycles. The predicted molar refractivity (Wildman–Crippen MR) is 63.4 cm³/mol. The largest absolute Gasteiger partial charge is 0.323 e. The lowest BCUT2D eigenvalue weighted by Crippen LogP contribution is -2.28. The molecule has 1 aliphatic heterocycles. The molecular formula is C11H14ClN3O. The van der Waals surface area contributed by atoms with Gasteiger partial charge in [0.1, 0.15) is 0 Å². The Bertz CT molecular complexity index is 397. The number of rotatable bonds is 2. The monoisotopic (exact) mass is 239 g/mol. The molecule has 0 radical (unpaired) electrons. The van der Waals surface area contributed by atoms with Gasteiger partial charge in [-0.05, 0) is 24.6 Å². The molecule has 0 aromatic carbocycles. The minimum Gasteiger partial charge on any atom is -0.323 e. The molecule has 2 N–H and O–H groups in total. The van der Waals surface area contributed by atoms with Crippen LogP contribution in [-0.2, 0) is 4.79 Å². The van der Waals surface area contributed by atoms with E-state index in [0.717, 1.165) is 13.1 Å². The Morgan fingerprint density at radius 2 is 2.44 bits per heavy atom. The Morgan fingerprint density at radius 3 is 3.06 bits per heavy atom. The van der Waals surface area contributed by atoms with Crippen molar-refractivity contribution in [2.24, 2.45) is 11.8 Å². The summed E-state index contributed by atoms with van der Waals surface area (Å²) in [6, 6.07) is 3.50. The van der Waals surface area contributed by atoms with Crippen molar-refractivity contribution < 1.29 is 4.79 Å². The molecule has 1 aromatic rings. The van der Waals surface area contributed by atoms with Crippen molar-refractivity contribution in [3.8, 4) is 0 Å². The summed E-state index contributed by atoms with van der Waals surface area (Å²) in [5.41, 5.74) is 0.577. The Balaban J connectivity index is 2.05. The third kappa shape index (κ3) is 2.33. The lowest BCUT2D eigenvalue weighted by molar-refractivity contribution is -0.120. The van der Waals surface area contributed by atoms with Crippen molar-refractivity contribution >= 4 is 23.2 Å². The van der Waals surface area contributed by atoms with Crippen molar-refractivity contribution in [3.05, 3.63) is 23.5 Å². The fraction of sp³-hybridized carbons (Fsp3) is 0.455. The van der Waals surface area contributed by atoms with E-state index in [0.29, 0.717) is 16.8 Å². The molecule has 1 aromatic heterocycles. The zero-order valence-electron chi connectivity index (χ0n) is 9.03. The Morgan fingerprint density at radius 1 is 1.62 bits per heavy atom. The van der Waals surface area contributed by atoms with E-state index in [1.54, 1.807) is 18.3 Å². The molecule has 0 aliphatic carbocycles. The highest BCUT2D eigenvalue weighted by Gasteiger charge is 2.29. The number of carbonyl (C=O) groups excluding carboxylic acids is 1. The van der Waals surface area contributed by atoms with Gasteiger partial charge in [-0.1, -0.05) is 18.5 Å². The van der Waals surface area contributed by atoms with Crippen molar-refractivity contribution in [2.75, 3.05) is 18.4 Å². The number of carbonyl (C=O) groups is 1. The summed E-state index contributed by atoms with van der Waals surface area (Å²) in [4.78, 5) is 15.9. The molecular weight excluding hydrogens is 226 g/mol. The van der Waals surface area contributed by atoms with Gasteiger partial charge in [0.15, 0.2) is 5.15 Å². The van der Waals surface area contributed by atoms with E-state index < -0.39 is 0 Å². The third-order valence-electron chi connectivity index (χ3n) is 2.87. The Kier molecular flexibility index (Phi) is 3.41. The zero-order valence-corrected chi connectivity index (χ0v) is 9.79. The SMILES string of the molecule is CC1CNCC1C(=O)Nc1cccnc1Cl. The fourth-order valence-electron chi connectivity index (χ4n) is 1.87. The lowest BCUT2D eigenvalue weighted by Gasteiger charge is -2.14. The normalized spacial score (nSPS) is 24.4. The molecule has 1 fully saturated rings. The molecule has 5 heteroatoms. The third-order valence-corrected chi connectivity index (χ3v) is 3.17. The van der Waals surface area contributed by atoms with Crippen LogP contribution in [-0.4, -0.2) is 24.0 Å². The number of hydrogen-bond donors (Lipinski definition) is 2. The lowest BCUT2D eigenvalue weighted by atomic mass is 9.97. The summed E-state index contributed by atoms with van der Waals surface area (Å²) in [6.45, 7) is 3.68. The maximum Gasteiger partial charge on any atom is 0.229 e. The van der Waals surface area contributed by atoms with Crippen molar-refractivity contribution in [2.45, 2.75) is 6.92 Å². The van der Waals surface area contributed by atoms with E-state index in [9.17, 15) is 4.79 Å². The number of aromatic nitrogens is 1. The first-order chi connectivity index (χ1) is 7.68. The maximum absolute atomic E-state index is 11.9. The van der Waals surface area contributed by atoms with Crippen molar-refractivity contribution in [3.63, 3.8) is 0 Å². The average molecular weight is 240 g/mol. The molecule has 0 spiro atoms. The van der Waals surface area contributed by atoms with Gasteiger partial charge < -0.3 is 10.6 Å². The second kappa shape index (κ2) is 4.80. The standard InChI is InChI=1S/C11H14ClN3O/c1-7-5-13-6-8(7)11(16)15-9-3-2-4-14-10(9)12/h2-4,7-8,13H,5-6H2,1H3,(H,15,16). The number of halogens is 1. The van der Waals surface area contributed by atoms with Gasteiger partial charge in [-0.3, -0.25) is 4.79 Å². The Hall–Kier alpha value is -1.13. The molecule has 2 unspecified atom stereocenters. The summed E-state index contributed by atoms with van der Waals surface area (Å²) in [5, 5.41) is 6.33. The zero-order chi connectivity index (χ0) is 11.5. The maximum atomic E-state index is 11.9. The summed E-state index contributed by atoms with van der Waals surface area (Å²) in [6.07, 6.45) is 1.59. The van der Waals surface area contributed by atoms with Crippen LogP contribution in [0.2, 0.25) is 5.15 Å². The molecule has 4 nitrogen and oxygen atoms in total. The van der Waals surface area contributed by atoms with Crippen LogP contribution in [0.25, 0.3) is 0 Å². The molecule has 2 rings (SSSR count). The highest BCUT2D eigenvalue weighted by atomic mass is 35.5. The second-order valence-electron chi connectivity index (χ2n) is 4.07. The van der Waals surface area contributed by atoms with E-state index in [4.69, 9.17) is 11.6 Å². The van der Waals surface area contributed by atoms with Crippen LogP contribution in [0.5, 0.6) is 0 Å². The van der Waals surface area contributed by atoms with Crippen LogP contribution in [0.3, 0.4) is 0 Å². The fourth-order valence-corrected chi connectivity index (χ4v) is 2.03. The van der Waals surface area contributed by atoms with Crippen molar-refractivity contribution in [1.82, 2.24) is 10.3 Å². The predicted octanol–water partition coefficient (Wildman–Crippen LogP) is 1.53. The molecule has 0 saturated carbocycles. The first-order valence-electron chi connectivity index (χ1n) is 5.30. The number of pyridine rings is 1. The molecule has 0 bridgehead atoms. The van der Waals surface area contributed by atoms with Gasteiger partial charge in [0.05, 0.1) is 11.6 Å². The van der Waals surface area contributed by atoms with Crippen LogP contribution in [0.4, 0.5) is 5.69 Å². The first-order valence-corrected chi connectivity index (χ1v) is 5.68. The van der Waals surface area contributed by atoms with E-state index in [1.165, 1.54) is 0 Å². The van der Waals surface area contributed by atoms with Gasteiger partial charge in [-0.25, -0.2) is 4.98 Å². The Labute approximate surface area is 99.4 Å². The van der Waals surface area contributed by atoms with E-state index in [2.05, 4.69) is 22.5 Å². The molecule has 1 amide bonds. The topological polar surface area (TPSA) is 54.0 Å². The minimum absolute atomic E-state index is 0.00685. The summed E-state index contributed by atoms with van der Waals surface area (Å²) >= 11 is 5.87. The summed E-state index contributed by atoms with van der Waals surface area (Å²) < 4.78 is 0. The summed E-state index contributed by atoms with van der Waals surface area (Å²) in [5.74, 6) is 0.374. The smallest absolute Gasteiger partial charge is 0.229 e. The molecule has 1 saturated heterocycles. The van der Waals surface area contributed by atoms with Gasteiger partial charge in [0, 0.05) is 12.7 Å². The van der Waals surface area contributed by atoms with Crippen LogP contribution in [0.15, 0.2) is 18.3 Å². The van der Waals surface area contributed by atoms with Crippen LogP contribution in [0.1, 0.15) is 6.92 Å². The molecule has 86 valence electrons. The summed E-state index contributed by atoms with van der Waals surface area (Å²) in [7, 11) is 0. The second-order valence-corrected chi connectivity index (χ2v) is 4.43. The van der Waals surface area contributed by atoms with Crippen molar-refractivity contribution in [1.29, 1.82) is 0 Å². The van der Waals surface area contributed by atoms with E-state index >= 15 is 0 Å². The number of hydrogen-bond acceptors (Lipinski definition) is 3. The van der Waals surface area contributed by atoms with Gasteiger partial charge in [0.2, 0.25) is 5.91 Å². The quantitative estimate of drug-likeness (QED) is 0.770. The highest BCUT2D eigenvalue weighted by molar-refractivity contribution is 6.32. The van der Waals surface area contributed by atoms with Gasteiger partial charge in [0.25, 0.3) is 0 Å². The number of nitrogens with one attached hydrogen (secondary N) is 2.